The van der Waals surface area contributed by atoms with Gasteiger partial charge in [-0.2, -0.15) is 0 Å². The third-order valence-corrected chi connectivity index (χ3v) is 5.20. The highest BCUT2D eigenvalue weighted by atomic mass is 16.5. The van der Waals surface area contributed by atoms with Crippen LogP contribution in [0, 0.1) is 0 Å². The fourth-order valence-electron chi connectivity index (χ4n) is 3.68. The second-order valence-corrected chi connectivity index (χ2v) is 7.45. The molecule has 0 saturated heterocycles. The highest BCUT2D eigenvalue weighted by Crippen LogP contribution is 2.24. The average molecular weight is 413 g/mol. The fourth-order valence-corrected chi connectivity index (χ4v) is 3.68. The Morgan fingerprint density at radius 2 is 1.58 bits per heavy atom. The molecule has 0 aliphatic heterocycles. The molecular weight excluding hydrogens is 390 g/mol. The first-order valence-corrected chi connectivity index (χ1v) is 10.2. The topological polar surface area (TPSA) is 68.5 Å². The first kappa shape index (κ1) is 20.4. The number of para-hydroxylation sites is 2. The van der Waals surface area contributed by atoms with Crippen molar-refractivity contribution in [2.24, 2.45) is 0 Å². The van der Waals surface area contributed by atoms with E-state index >= 15 is 0 Å². The van der Waals surface area contributed by atoms with Crippen LogP contribution in [0.2, 0.25) is 0 Å². The number of ether oxygens (including phenoxy) is 1. The van der Waals surface area contributed by atoms with Gasteiger partial charge >= 0.3 is 11.9 Å². The molecule has 0 bridgehead atoms. The number of carboxylic acids is 1. The number of fused-ring (bicyclic) bond motifs is 1. The molecule has 1 N–H and O–H groups in total. The minimum Gasteiger partial charge on any atom is -0.481 e. The van der Waals surface area contributed by atoms with Crippen molar-refractivity contribution in [3.8, 4) is 5.75 Å². The number of rotatable bonds is 8. The molecule has 156 valence electrons. The Morgan fingerprint density at radius 1 is 0.871 bits per heavy atom. The summed E-state index contributed by atoms with van der Waals surface area (Å²) in [6.45, 7) is 0.660. The average Bonchev–Trinajstić information content (AvgIpc) is 3.12. The molecule has 0 radical (unpaired) electrons. The van der Waals surface area contributed by atoms with Crippen molar-refractivity contribution in [3.05, 3.63) is 102 Å². The zero-order valence-corrected chi connectivity index (χ0v) is 17.0. The number of benzene rings is 3. The summed E-state index contributed by atoms with van der Waals surface area (Å²) < 4.78 is 7.56. The van der Waals surface area contributed by atoms with Gasteiger partial charge in [0.15, 0.2) is 0 Å². The van der Waals surface area contributed by atoms with E-state index in [-0.39, 0.29) is 12.4 Å². The van der Waals surface area contributed by atoms with Crippen molar-refractivity contribution in [2.45, 2.75) is 25.8 Å². The Balaban J connectivity index is 1.49. The molecule has 0 fully saturated rings. The van der Waals surface area contributed by atoms with Crippen molar-refractivity contribution in [1.82, 2.24) is 4.57 Å². The monoisotopic (exact) mass is 413 g/mol. The van der Waals surface area contributed by atoms with Crippen LogP contribution < -0.4 is 4.74 Å². The lowest BCUT2D eigenvalue weighted by molar-refractivity contribution is -0.137. The molecule has 0 amide bonds. The van der Waals surface area contributed by atoms with Crippen molar-refractivity contribution >= 4 is 22.8 Å². The quantitative estimate of drug-likeness (QED) is 0.314. The number of carbonyl (C=O) groups is 2. The van der Waals surface area contributed by atoms with Gasteiger partial charge in [-0.1, -0.05) is 48.5 Å². The van der Waals surface area contributed by atoms with E-state index in [9.17, 15) is 9.59 Å². The number of hydrogen-bond acceptors (Lipinski definition) is 3. The third kappa shape index (κ3) is 5.01. The predicted octanol–water partition coefficient (Wildman–Crippen LogP) is 5.32. The van der Waals surface area contributed by atoms with E-state index in [0.29, 0.717) is 24.3 Å². The van der Waals surface area contributed by atoms with Gasteiger partial charge in [0, 0.05) is 30.1 Å². The highest BCUT2D eigenvalue weighted by molar-refractivity contribution is 5.91. The number of carboxylic acid groups (broad SMARTS) is 1. The smallest absolute Gasteiger partial charge is 0.343 e. The Labute approximate surface area is 180 Å². The van der Waals surface area contributed by atoms with Crippen molar-refractivity contribution in [1.29, 1.82) is 0 Å². The van der Waals surface area contributed by atoms with Crippen molar-refractivity contribution in [3.63, 3.8) is 0 Å². The van der Waals surface area contributed by atoms with Crippen LogP contribution in [0.3, 0.4) is 0 Å². The molecule has 0 spiro atoms. The van der Waals surface area contributed by atoms with E-state index < -0.39 is 5.97 Å². The standard InChI is InChI=1S/C26H23NO4/c28-25(29)12-6-7-21-18-27(24-11-5-4-10-23(21)24)17-19-13-15-20(16-14-19)26(30)31-22-8-2-1-3-9-22/h1-5,8-11,13-16,18H,6-7,12,17H2,(H,28,29). The molecule has 0 atom stereocenters. The number of aliphatic carboxylic acids is 1. The summed E-state index contributed by atoms with van der Waals surface area (Å²) in [5.74, 6) is -0.634. The van der Waals surface area contributed by atoms with Gasteiger partial charge in [0.1, 0.15) is 5.75 Å². The Kier molecular flexibility index (Phi) is 6.13. The van der Waals surface area contributed by atoms with Gasteiger partial charge in [0.05, 0.1) is 5.56 Å². The predicted molar refractivity (Wildman–Crippen MR) is 119 cm³/mol. The summed E-state index contributed by atoms with van der Waals surface area (Å²) in [7, 11) is 0. The Morgan fingerprint density at radius 3 is 2.32 bits per heavy atom. The molecule has 3 aromatic carbocycles. The maximum absolute atomic E-state index is 12.3. The van der Waals surface area contributed by atoms with Crippen LogP contribution in [0.25, 0.3) is 10.9 Å². The molecule has 1 heterocycles. The molecule has 5 nitrogen and oxygen atoms in total. The van der Waals surface area contributed by atoms with Crippen LogP contribution in [0.15, 0.2) is 85.1 Å². The molecule has 31 heavy (non-hydrogen) atoms. The van der Waals surface area contributed by atoms with E-state index in [1.807, 2.05) is 42.5 Å². The molecule has 0 aliphatic carbocycles. The zero-order chi connectivity index (χ0) is 21.6. The van der Waals surface area contributed by atoms with E-state index in [1.165, 1.54) is 0 Å². The van der Waals surface area contributed by atoms with E-state index in [4.69, 9.17) is 9.84 Å². The van der Waals surface area contributed by atoms with Crippen molar-refractivity contribution < 1.29 is 19.4 Å². The van der Waals surface area contributed by atoms with E-state index in [2.05, 4.69) is 22.9 Å². The molecule has 4 rings (SSSR count). The molecule has 4 aromatic rings. The SMILES string of the molecule is O=C(O)CCCc1cn(Cc2ccc(C(=O)Oc3ccccc3)cc2)c2ccccc12. The van der Waals surface area contributed by atoms with Gasteiger partial charge < -0.3 is 14.4 Å². The summed E-state index contributed by atoms with van der Waals surface area (Å²) in [6, 6.07) is 24.6. The molecule has 0 aliphatic rings. The summed E-state index contributed by atoms with van der Waals surface area (Å²) >= 11 is 0. The third-order valence-electron chi connectivity index (χ3n) is 5.20. The summed E-state index contributed by atoms with van der Waals surface area (Å²) in [5, 5.41) is 10.1. The number of carbonyl (C=O) groups excluding carboxylic acids is 1. The van der Waals surface area contributed by atoms with Gasteiger partial charge in [0.2, 0.25) is 0 Å². The summed E-state index contributed by atoms with van der Waals surface area (Å²) in [5.41, 5.74) is 3.83. The second kappa shape index (κ2) is 9.30. The van der Waals surface area contributed by atoms with Crippen LogP contribution in [-0.4, -0.2) is 21.6 Å². The lowest BCUT2D eigenvalue weighted by Crippen LogP contribution is -2.08. The maximum atomic E-state index is 12.3. The number of aryl methyl sites for hydroxylation is 1. The molecule has 0 unspecified atom stereocenters. The minimum atomic E-state index is -0.769. The molecular formula is C26H23NO4. The largest absolute Gasteiger partial charge is 0.481 e. The van der Waals surface area contributed by atoms with E-state index in [0.717, 1.165) is 28.5 Å². The Hall–Kier alpha value is -3.86. The van der Waals surface area contributed by atoms with Crippen LogP contribution >= 0.6 is 0 Å². The molecule has 1 aromatic heterocycles. The first-order valence-electron chi connectivity index (χ1n) is 10.2. The van der Waals surface area contributed by atoms with Crippen LogP contribution in [0.5, 0.6) is 5.75 Å². The number of hydrogen-bond donors (Lipinski definition) is 1. The summed E-state index contributed by atoms with van der Waals surface area (Å²) in [6.07, 6.45) is 3.61. The highest BCUT2D eigenvalue weighted by Gasteiger charge is 2.11. The van der Waals surface area contributed by atoms with Gasteiger partial charge in [-0.3, -0.25) is 4.79 Å². The fraction of sp³-hybridized carbons (Fsp3) is 0.154. The minimum absolute atomic E-state index is 0.167. The van der Waals surface area contributed by atoms with Gasteiger partial charge in [-0.25, -0.2) is 4.79 Å². The van der Waals surface area contributed by atoms with Crippen molar-refractivity contribution in [2.75, 3.05) is 0 Å². The van der Waals surface area contributed by atoms with Crippen LogP contribution in [0.1, 0.15) is 34.3 Å². The van der Waals surface area contributed by atoms with Gasteiger partial charge in [0.25, 0.3) is 0 Å². The number of aromatic nitrogens is 1. The Bertz CT molecular complexity index is 1190. The normalized spacial score (nSPS) is 10.8. The van der Waals surface area contributed by atoms with Crippen LogP contribution in [0.4, 0.5) is 0 Å². The second-order valence-electron chi connectivity index (χ2n) is 7.45. The van der Waals surface area contributed by atoms with Gasteiger partial charge in [-0.05, 0) is 54.3 Å². The molecule has 0 saturated carbocycles. The molecule has 5 heteroatoms. The zero-order valence-electron chi connectivity index (χ0n) is 17.0. The summed E-state index contributed by atoms with van der Waals surface area (Å²) in [4.78, 5) is 23.2. The van der Waals surface area contributed by atoms with Crippen LogP contribution in [-0.2, 0) is 17.8 Å². The number of esters is 1. The van der Waals surface area contributed by atoms with Gasteiger partial charge in [-0.15, -0.1) is 0 Å². The lowest BCUT2D eigenvalue weighted by Gasteiger charge is -2.07. The first-order chi connectivity index (χ1) is 15.1. The lowest BCUT2D eigenvalue weighted by atomic mass is 10.1. The number of nitrogens with zero attached hydrogens (tertiary/aromatic N) is 1. The maximum Gasteiger partial charge on any atom is 0.343 e. The van der Waals surface area contributed by atoms with E-state index in [1.54, 1.807) is 24.3 Å².